The summed E-state index contributed by atoms with van der Waals surface area (Å²) in [5.74, 6) is 2.24. The van der Waals surface area contributed by atoms with Crippen molar-refractivity contribution < 1.29 is 4.79 Å². The lowest BCUT2D eigenvalue weighted by molar-refractivity contribution is 0.0926. The average Bonchev–Trinajstić information content (AvgIpc) is 2.72. The summed E-state index contributed by atoms with van der Waals surface area (Å²) in [6.07, 6.45) is 5.33. The Morgan fingerprint density at radius 1 is 1.47 bits per heavy atom. The number of terminal acetylenes is 1. The zero-order valence-electron chi connectivity index (χ0n) is 9.74. The van der Waals surface area contributed by atoms with Gasteiger partial charge in [0.05, 0.1) is 11.1 Å². The van der Waals surface area contributed by atoms with E-state index in [0.717, 1.165) is 10.9 Å². The van der Waals surface area contributed by atoms with Crippen molar-refractivity contribution >= 4 is 16.8 Å². The Morgan fingerprint density at radius 3 is 2.88 bits per heavy atom. The Kier molecular flexibility index (Phi) is 2.60. The molecule has 0 fully saturated rings. The van der Waals surface area contributed by atoms with Crippen LogP contribution in [0.4, 0.5) is 0 Å². The first-order chi connectivity index (χ1) is 8.03. The normalized spacial score (nSPS) is 11.1. The van der Waals surface area contributed by atoms with Crippen LogP contribution in [-0.4, -0.2) is 21.6 Å². The van der Waals surface area contributed by atoms with E-state index in [9.17, 15) is 4.79 Å². The van der Waals surface area contributed by atoms with Gasteiger partial charge >= 0.3 is 0 Å². The molecule has 0 radical (unpaired) electrons. The summed E-state index contributed by atoms with van der Waals surface area (Å²) in [6, 6.07) is 7.45. The second kappa shape index (κ2) is 3.95. The zero-order valence-corrected chi connectivity index (χ0v) is 9.74. The predicted molar refractivity (Wildman–Crippen MR) is 66.5 cm³/mol. The van der Waals surface area contributed by atoms with Gasteiger partial charge in [0.25, 0.3) is 5.91 Å². The number of hydrogen-bond acceptors (Lipinski definition) is 2. The van der Waals surface area contributed by atoms with E-state index in [1.54, 1.807) is 13.8 Å². The molecule has 0 aliphatic carbocycles. The lowest BCUT2D eigenvalue weighted by Gasteiger charge is -2.18. The van der Waals surface area contributed by atoms with Gasteiger partial charge in [0.1, 0.15) is 0 Å². The van der Waals surface area contributed by atoms with Gasteiger partial charge in [-0.1, -0.05) is 24.1 Å². The number of aromatic nitrogens is 2. The highest BCUT2D eigenvalue weighted by Crippen LogP contribution is 2.15. The molecule has 0 unspecified atom stereocenters. The van der Waals surface area contributed by atoms with Crippen LogP contribution in [0.15, 0.2) is 24.3 Å². The molecule has 2 N–H and O–H groups in total. The molecule has 4 heteroatoms. The maximum Gasteiger partial charge on any atom is 0.273 e. The number of aromatic amines is 1. The maximum absolute atomic E-state index is 12.0. The molecule has 0 atom stereocenters. The van der Waals surface area contributed by atoms with E-state index in [4.69, 9.17) is 6.42 Å². The SMILES string of the molecule is C#CC(C)(C)NC(=O)c1n[nH]c2ccccc12. The molecule has 0 aliphatic heterocycles. The Balaban J connectivity index is 2.35. The van der Waals surface area contributed by atoms with Crippen LogP contribution in [-0.2, 0) is 0 Å². The number of fused-ring (bicyclic) bond motifs is 1. The van der Waals surface area contributed by atoms with Gasteiger partial charge in [-0.2, -0.15) is 5.10 Å². The molecule has 0 saturated carbocycles. The summed E-state index contributed by atoms with van der Waals surface area (Å²) in [7, 11) is 0. The summed E-state index contributed by atoms with van der Waals surface area (Å²) < 4.78 is 0. The van der Waals surface area contributed by atoms with Crippen LogP contribution in [0.3, 0.4) is 0 Å². The standard InChI is InChI=1S/C13H13N3O/c1-4-13(2,3)14-12(17)11-9-7-5-6-8-10(9)15-16-11/h1,5-8H,2-3H3,(H,14,17)(H,15,16). The highest BCUT2D eigenvalue weighted by Gasteiger charge is 2.21. The van der Waals surface area contributed by atoms with Gasteiger partial charge < -0.3 is 5.32 Å². The highest BCUT2D eigenvalue weighted by molar-refractivity contribution is 6.04. The Bertz CT molecular complexity index is 604. The second-order valence-corrected chi connectivity index (χ2v) is 4.34. The number of nitrogens with zero attached hydrogens (tertiary/aromatic N) is 1. The first-order valence-corrected chi connectivity index (χ1v) is 5.27. The number of benzene rings is 1. The molecule has 2 rings (SSSR count). The number of carbonyl (C=O) groups excluding carboxylic acids is 1. The lowest BCUT2D eigenvalue weighted by Crippen LogP contribution is -2.42. The van der Waals surface area contributed by atoms with Crippen molar-refractivity contribution in [2.45, 2.75) is 19.4 Å². The van der Waals surface area contributed by atoms with E-state index >= 15 is 0 Å². The molecule has 1 aromatic heterocycles. The third-order valence-electron chi connectivity index (χ3n) is 2.47. The third-order valence-corrected chi connectivity index (χ3v) is 2.47. The van der Waals surface area contributed by atoms with E-state index in [0.29, 0.717) is 5.69 Å². The van der Waals surface area contributed by atoms with Gasteiger partial charge in [-0.15, -0.1) is 6.42 Å². The quantitative estimate of drug-likeness (QED) is 0.767. The van der Waals surface area contributed by atoms with Crippen molar-refractivity contribution in [3.8, 4) is 12.3 Å². The van der Waals surface area contributed by atoms with E-state index < -0.39 is 5.54 Å². The first kappa shape index (κ1) is 11.2. The summed E-state index contributed by atoms with van der Waals surface area (Å²) in [6.45, 7) is 3.53. The molecule has 4 nitrogen and oxygen atoms in total. The van der Waals surface area contributed by atoms with Gasteiger partial charge in [-0.05, 0) is 19.9 Å². The Morgan fingerprint density at radius 2 is 2.18 bits per heavy atom. The molecule has 1 heterocycles. The molecule has 1 amide bonds. The van der Waals surface area contributed by atoms with Crippen LogP contribution in [0, 0.1) is 12.3 Å². The average molecular weight is 227 g/mol. The van der Waals surface area contributed by atoms with E-state index in [2.05, 4.69) is 21.4 Å². The molecule has 2 aromatic rings. The van der Waals surface area contributed by atoms with Gasteiger partial charge in [0, 0.05) is 5.39 Å². The number of nitrogens with one attached hydrogen (secondary N) is 2. The van der Waals surface area contributed by atoms with Crippen LogP contribution in [0.2, 0.25) is 0 Å². The third kappa shape index (κ3) is 2.13. The van der Waals surface area contributed by atoms with Crippen LogP contribution in [0.25, 0.3) is 10.9 Å². The lowest BCUT2D eigenvalue weighted by atomic mass is 10.1. The number of amides is 1. The number of rotatable bonds is 2. The topological polar surface area (TPSA) is 57.8 Å². The van der Waals surface area contributed by atoms with Crippen molar-refractivity contribution in [1.82, 2.24) is 15.5 Å². The van der Waals surface area contributed by atoms with E-state index in [1.165, 1.54) is 0 Å². The summed E-state index contributed by atoms with van der Waals surface area (Å²) >= 11 is 0. The van der Waals surface area contributed by atoms with Gasteiger partial charge in [0.2, 0.25) is 0 Å². The van der Waals surface area contributed by atoms with Gasteiger partial charge in [-0.3, -0.25) is 9.89 Å². The molecular weight excluding hydrogens is 214 g/mol. The minimum Gasteiger partial charge on any atom is -0.335 e. The van der Waals surface area contributed by atoms with E-state index in [-0.39, 0.29) is 5.91 Å². The first-order valence-electron chi connectivity index (χ1n) is 5.27. The number of hydrogen-bond donors (Lipinski definition) is 2. The minimum absolute atomic E-state index is 0.273. The fraction of sp³-hybridized carbons (Fsp3) is 0.231. The van der Waals surface area contributed by atoms with Crippen molar-refractivity contribution in [2.75, 3.05) is 0 Å². The molecule has 0 bridgehead atoms. The molecule has 0 spiro atoms. The predicted octanol–water partition coefficient (Wildman–Crippen LogP) is 1.70. The number of H-pyrrole nitrogens is 1. The number of carbonyl (C=O) groups is 1. The van der Waals surface area contributed by atoms with Crippen molar-refractivity contribution in [1.29, 1.82) is 0 Å². The van der Waals surface area contributed by atoms with Crippen LogP contribution < -0.4 is 5.32 Å². The smallest absolute Gasteiger partial charge is 0.273 e. The summed E-state index contributed by atoms with van der Waals surface area (Å²) in [5, 5.41) is 10.4. The Labute approximate surface area is 99.4 Å². The number of para-hydroxylation sites is 1. The molecule has 17 heavy (non-hydrogen) atoms. The summed E-state index contributed by atoms with van der Waals surface area (Å²) in [5.41, 5.74) is 0.511. The van der Waals surface area contributed by atoms with Crippen molar-refractivity contribution in [2.24, 2.45) is 0 Å². The molecule has 0 aliphatic rings. The van der Waals surface area contributed by atoms with Gasteiger partial charge in [0.15, 0.2) is 5.69 Å². The van der Waals surface area contributed by atoms with Gasteiger partial charge in [-0.25, -0.2) is 0 Å². The molecular formula is C13H13N3O. The minimum atomic E-state index is -0.683. The van der Waals surface area contributed by atoms with E-state index in [1.807, 2.05) is 24.3 Å². The monoisotopic (exact) mass is 227 g/mol. The Hall–Kier alpha value is -2.28. The second-order valence-electron chi connectivity index (χ2n) is 4.34. The molecule has 86 valence electrons. The van der Waals surface area contributed by atoms with Crippen LogP contribution >= 0.6 is 0 Å². The largest absolute Gasteiger partial charge is 0.335 e. The summed E-state index contributed by atoms with van der Waals surface area (Å²) in [4.78, 5) is 12.0. The fourth-order valence-corrected chi connectivity index (χ4v) is 1.52. The van der Waals surface area contributed by atoms with Crippen molar-refractivity contribution in [3.63, 3.8) is 0 Å². The highest BCUT2D eigenvalue weighted by atomic mass is 16.2. The molecule has 1 aromatic carbocycles. The zero-order chi connectivity index (χ0) is 12.5. The maximum atomic E-state index is 12.0. The fourth-order valence-electron chi connectivity index (χ4n) is 1.52. The molecule has 0 saturated heterocycles. The van der Waals surface area contributed by atoms with Crippen LogP contribution in [0.1, 0.15) is 24.3 Å². The van der Waals surface area contributed by atoms with Crippen molar-refractivity contribution in [3.05, 3.63) is 30.0 Å². The van der Waals surface area contributed by atoms with Crippen LogP contribution in [0.5, 0.6) is 0 Å².